The number of hydrogen-bond acceptors (Lipinski definition) is 1. The zero-order valence-corrected chi connectivity index (χ0v) is 9.60. The highest BCUT2D eigenvalue weighted by Crippen LogP contribution is 2.08. The van der Waals surface area contributed by atoms with Crippen LogP contribution in [0, 0.1) is 6.92 Å². The van der Waals surface area contributed by atoms with Crippen molar-refractivity contribution in [2.24, 2.45) is 0 Å². The van der Waals surface area contributed by atoms with Gasteiger partial charge in [-0.3, -0.25) is 4.79 Å². The average molecular weight is 193 g/mol. The van der Waals surface area contributed by atoms with Crippen molar-refractivity contribution in [3.05, 3.63) is 30.2 Å². The summed E-state index contributed by atoms with van der Waals surface area (Å²) in [6, 6.07) is 0. The summed E-state index contributed by atoms with van der Waals surface area (Å²) in [5, 5.41) is 0. The van der Waals surface area contributed by atoms with Crippen molar-refractivity contribution in [3.8, 4) is 0 Å². The van der Waals surface area contributed by atoms with Gasteiger partial charge in [-0.05, 0) is 40.0 Å². The lowest BCUT2D eigenvalue weighted by molar-refractivity contribution is -0.114. The molecule has 0 N–H and O–H groups in total. The zero-order valence-electron chi connectivity index (χ0n) is 9.60. The van der Waals surface area contributed by atoms with Gasteiger partial charge in [0.05, 0.1) is 0 Å². The Balaban J connectivity index is 3.67. The first-order chi connectivity index (χ1) is 6.52. The largest absolute Gasteiger partial charge is 0.300 e. The molecule has 0 aromatic carbocycles. The topological polar surface area (TPSA) is 17.1 Å². The van der Waals surface area contributed by atoms with Gasteiger partial charge in [-0.2, -0.15) is 0 Å². The molecule has 1 heteroatoms. The quantitative estimate of drug-likeness (QED) is 0.585. The summed E-state index contributed by atoms with van der Waals surface area (Å²) in [7, 11) is 0. The molecule has 0 aliphatic carbocycles. The number of Topliss-reactive ketones (excluding diaryl/α,β-unsaturated/α-hetero) is 1. The molecular weight excluding hydrogens is 172 g/mol. The van der Waals surface area contributed by atoms with Crippen LogP contribution in [0.2, 0.25) is 0 Å². The van der Waals surface area contributed by atoms with Gasteiger partial charge >= 0.3 is 0 Å². The molecular formula is C13H21O. The van der Waals surface area contributed by atoms with E-state index < -0.39 is 0 Å². The molecule has 0 saturated carbocycles. The van der Waals surface area contributed by atoms with Crippen molar-refractivity contribution >= 4 is 5.78 Å². The molecule has 0 aliphatic heterocycles. The van der Waals surface area contributed by atoms with Gasteiger partial charge in [0.25, 0.3) is 0 Å². The third kappa shape index (κ3) is 9.24. The van der Waals surface area contributed by atoms with Crippen molar-refractivity contribution < 1.29 is 4.79 Å². The Hall–Kier alpha value is -0.850. The molecule has 0 aromatic rings. The lowest BCUT2D eigenvalue weighted by Gasteiger charge is -1.98. The summed E-state index contributed by atoms with van der Waals surface area (Å²) in [6.45, 7) is 9.68. The van der Waals surface area contributed by atoms with Crippen LogP contribution in [-0.4, -0.2) is 5.78 Å². The minimum atomic E-state index is 0.0262. The average Bonchev–Trinajstić information content (AvgIpc) is 2.02. The van der Waals surface area contributed by atoms with Crippen molar-refractivity contribution in [1.29, 1.82) is 0 Å². The Labute approximate surface area is 87.9 Å². The predicted octanol–water partition coefficient (Wildman–Crippen LogP) is 3.86. The van der Waals surface area contributed by atoms with E-state index in [0.717, 1.165) is 19.3 Å². The second kappa shape index (κ2) is 7.54. The first-order valence-corrected chi connectivity index (χ1v) is 5.16. The molecule has 0 atom stereocenters. The van der Waals surface area contributed by atoms with Gasteiger partial charge in [0, 0.05) is 13.3 Å². The van der Waals surface area contributed by atoms with Gasteiger partial charge < -0.3 is 0 Å². The molecule has 0 saturated heterocycles. The van der Waals surface area contributed by atoms with Crippen molar-refractivity contribution in [2.45, 2.75) is 46.5 Å². The lowest BCUT2D eigenvalue weighted by atomic mass is 10.1. The van der Waals surface area contributed by atoms with Crippen LogP contribution >= 0.6 is 0 Å². The molecule has 1 radical (unpaired) electrons. The molecule has 0 amide bonds. The smallest absolute Gasteiger partial charge is 0.133 e. The first kappa shape index (κ1) is 13.2. The van der Waals surface area contributed by atoms with Gasteiger partial charge in [-0.1, -0.05) is 23.3 Å². The van der Waals surface area contributed by atoms with E-state index in [1.807, 2.05) is 0 Å². The van der Waals surface area contributed by atoms with E-state index in [0.29, 0.717) is 6.42 Å². The summed E-state index contributed by atoms with van der Waals surface area (Å²) in [6.07, 6.45) is 7.98. The number of ketones is 1. The Bertz CT molecular complexity index is 230. The van der Waals surface area contributed by atoms with E-state index in [1.54, 1.807) is 0 Å². The molecule has 0 fully saturated rings. The fraction of sp³-hybridized carbons (Fsp3) is 0.538. The van der Waals surface area contributed by atoms with Crippen molar-refractivity contribution in [3.63, 3.8) is 0 Å². The van der Waals surface area contributed by atoms with E-state index in [-0.39, 0.29) is 5.78 Å². The normalized spacial score (nSPS) is 11.3. The Morgan fingerprint density at radius 3 is 2.14 bits per heavy atom. The molecule has 1 nitrogen and oxygen atoms in total. The van der Waals surface area contributed by atoms with E-state index in [9.17, 15) is 4.79 Å². The third-order valence-electron chi connectivity index (χ3n) is 2.01. The monoisotopic (exact) mass is 193 g/mol. The SMILES string of the molecule is [CH2]C(=O)CC/C=C(/C)CCC=C(C)C. The molecule has 79 valence electrons. The van der Waals surface area contributed by atoms with Crippen LogP contribution in [0.3, 0.4) is 0 Å². The van der Waals surface area contributed by atoms with Crippen LogP contribution in [-0.2, 0) is 4.79 Å². The fourth-order valence-electron chi connectivity index (χ4n) is 1.17. The molecule has 0 spiro atoms. The van der Waals surface area contributed by atoms with Gasteiger partial charge in [-0.25, -0.2) is 0 Å². The minimum Gasteiger partial charge on any atom is -0.300 e. The summed E-state index contributed by atoms with van der Waals surface area (Å²) in [5.41, 5.74) is 2.73. The maximum atomic E-state index is 10.6. The second-order valence-corrected chi connectivity index (χ2v) is 3.95. The summed E-state index contributed by atoms with van der Waals surface area (Å²) in [5.74, 6) is 0.0262. The van der Waals surface area contributed by atoms with Crippen LogP contribution < -0.4 is 0 Å². The van der Waals surface area contributed by atoms with Crippen molar-refractivity contribution in [2.75, 3.05) is 0 Å². The van der Waals surface area contributed by atoms with Gasteiger partial charge in [0.2, 0.25) is 0 Å². The number of carbonyl (C=O) groups excluding carboxylic acids is 1. The Morgan fingerprint density at radius 1 is 1.07 bits per heavy atom. The van der Waals surface area contributed by atoms with E-state index in [2.05, 4.69) is 39.8 Å². The van der Waals surface area contributed by atoms with Crippen molar-refractivity contribution in [1.82, 2.24) is 0 Å². The molecule has 0 unspecified atom stereocenters. The number of hydrogen-bond donors (Lipinski definition) is 0. The predicted molar refractivity (Wildman–Crippen MR) is 62.0 cm³/mol. The van der Waals surface area contributed by atoms with Crippen LogP contribution in [0.15, 0.2) is 23.3 Å². The van der Waals surface area contributed by atoms with Gasteiger partial charge in [0.1, 0.15) is 5.78 Å². The Morgan fingerprint density at radius 2 is 1.64 bits per heavy atom. The number of allylic oxidation sites excluding steroid dienone is 4. The molecule has 0 aliphatic rings. The summed E-state index contributed by atoms with van der Waals surface area (Å²) in [4.78, 5) is 10.6. The fourth-order valence-corrected chi connectivity index (χ4v) is 1.17. The van der Waals surface area contributed by atoms with Crippen LogP contribution in [0.4, 0.5) is 0 Å². The third-order valence-corrected chi connectivity index (χ3v) is 2.01. The standard InChI is InChI=1S/C13H21O/c1-11(2)7-5-8-12(3)9-6-10-13(4)14/h7,9H,4-6,8,10H2,1-3H3/b12-9-. The molecule has 0 bridgehead atoms. The highest BCUT2D eigenvalue weighted by Gasteiger charge is 1.92. The zero-order chi connectivity index (χ0) is 11.0. The van der Waals surface area contributed by atoms with Crippen LogP contribution in [0.5, 0.6) is 0 Å². The summed E-state index contributed by atoms with van der Waals surface area (Å²) >= 11 is 0. The molecule has 0 aromatic heterocycles. The molecule has 0 heterocycles. The second-order valence-electron chi connectivity index (χ2n) is 3.95. The van der Waals surface area contributed by atoms with E-state index in [4.69, 9.17) is 0 Å². The van der Waals surface area contributed by atoms with E-state index in [1.165, 1.54) is 11.1 Å². The maximum absolute atomic E-state index is 10.6. The number of carbonyl (C=O) groups is 1. The molecule has 14 heavy (non-hydrogen) atoms. The van der Waals surface area contributed by atoms with Gasteiger partial charge in [0.15, 0.2) is 0 Å². The van der Waals surface area contributed by atoms with Crippen LogP contribution in [0.1, 0.15) is 46.5 Å². The molecule has 0 rings (SSSR count). The van der Waals surface area contributed by atoms with Gasteiger partial charge in [-0.15, -0.1) is 0 Å². The van der Waals surface area contributed by atoms with E-state index >= 15 is 0 Å². The lowest BCUT2D eigenvalue weighted by Crippen LogP contribution is -1.88. The highest BCUT2D eigenvalue weighted by atomic mass is 16.1. The highest BCUT2D eigenvalue weighted by molar-refractivity contribution is 5.82. The first-order valence-electron chi connectivity index (χ1n) is 5.16. The van der Waals surface area contributed by atoms with Crippen LogP contribution in [0.25, 0.3) is 0 Å². The summed E-state index contributed by atoms with van der Waals surface area (Å²) < 4.78 is 0. The maximum Gasteiger partial charge on any atom is 0.133 e. The number of rotatable bonds is 6. The minimum absolute atomic E-state index is 0.0262. The Kier molecular flexibility index (Phi) is 7.09.